The van der Waals surface area contributed by atoms with Gasteiger partial charge in [0.1, 0.15) is 5.69 Å². The molecule has 0 radical (unpaired) electrons. The summed E-state index contributed by atoms with van der Waals surface area (Å²) in [5, 5.41) is 11.2. The maximum absolute atomic E-state index is 12.1. The summed E-state index contributed by atoms with van der Waals surface area (Å²) in [4.78, 5) is 41.2. The van der Waals surface area contributed by atoms with Gasteiger partial charge in [-0.2, -0.15) is 0 Å². The van der Waals surface area contributed by atoms with Gasteiger partial charge in [-0.15, -0.1) is 0 Å². The zero-order valence-electron chi connectivity index (χ0n) is 13.1. The van der Waals surface area contributed by atoms with Gasteiger partial charge in [0.2, 0.25) is 0 Å². The summed E-state index contributed by atoms with van der Waals surface area (Å²) in [6.07, 6.45) is 2.50. The van der Waals surface area contributed by atoms with Crippen molar-refractivity contribution >= 4 is 17.6 Å². The second-order valence-electron chi connectivity index (χ2n) is 4.56. The Labute approximate surface area is 136 Å². The molecule has 24 heavy (non-hydrogen) atoms. The Hall–Kier alpha value is -3.23. The van der Waals surface area contributed by atoms with Gasteiger partial charge < -0.3 is 14.5 Å². The average molecular weight is 333 g/mol. The van der Waals surface area contributed by atoms with Gasteiger partial charge in [0.25, 0.3) is 5.69 Å². The van der Waals surface area contributed by atoms with E-state index in [1.807, 2.05) is 0 Å². The lowest BCUT2D eigenvalue weighted by molar-refractivity contribution is -0.384. The third kappa shape index (κ3) is 3.40. The number of pyridine rings is 1. The Balaban J connectivity index is 2.61. The predicted octanol–water partition coefficient (Wildman–Crippen LogP) is 2.34. The fraction of sp³-hybridized carbons (Fsp3) is 0.267. The first-order valence-corrected chi connectivity index (χ1v) is 7.15. The van der Waals surface area contributed by atoms with Crippen LogP contribution in [0.4, 0.5) is 5.69 Å². The van der Waals surface area contributed by atoms with Crippen LogP contribution in [0.5, 0.6) is 0 Å². The van der Waals surface area contributed by atoms with Crippen LogP contribution >= 0.6 is 0 Å². The highest BCUT2D eigenvalue weighted by atomic mass is 16.6. The molecule has 0 bridgehead atoms. The van der Waals surface area contributed by atoms with Gasteiger partial charge in [0, 0.05) is 18.5 Å². The van der Waals surface area contributed by atoms with Crippen molar-refractivity contribution in [2.45, 2.75) is 13.8 Å². The zero-order valence-corrected chi connectivity index (χ0v) is 13.1. The van der Waals surface area contributed by atoms with Crippen LogP contribution in [-0.4, -0.2) is 40.0 Å². The van der Waals surface area contributed by atoms with Gasteiger partial charge in [0.15, 0.2) is 0 Å². The summed E-state index contributed by atoms with van der Waals surface area (Å²) in [5.74, 6) is -1.39. The molecule has 0 aliphatic carbocycles. The summed E-state index contributed by atoms with van der Waals surface area (Å²) < 4.78 is 9.82. The maximum atomic E-state index is 12.1. The molecule has 0 amide bonds. The fourth-order valence-corrected chi connectivity index (χ4v) is 2.09. The summed E-state index contributed by atoms with van der Waals surface area (Å²) in [6, 6.07) is 2.46. The monoisotopic (exact) mass is 333 g/mol. The van der Waals surface area contributed by atoms with E-state index in [9.17, 15) is 19.7 Å². The third-order valence-corrected chi connectivity index (χ3v) is 3.07. The van der Waals surface area contributed by atoms with Gasteiger partial charge in [-0.3, -0.25) is 15.1 Å². The highest BCUT2D eigenvalue weighted by Crippen LogP contribution is 2.31. The molecule has 2 heterocycles. The van der Waals surface area contributed by atoms with Crippen molar-refractivity contribution in [1.82, 2.24) is 9.97 Å². The smallest absolute Gasteiger partial charge is 0.354 e. The number of carbonyl (C=O) groups is 2. The lowest BCUT2D eigenvalue weighted by Crippen LogP contribution is -2.06. The molecule has 0 aliphatic heterocycles. The molecule has 0 saturated heterocycles. The van der Waals surface area contributed by atoms with Crippen molar-refractivity contribution in [2.75, 3.05) is 13.2 Å². The maximum Gasteiger partial charge on any atom is 0.354 e. The number of aromatic nitrogens is 2. The highest BCUT2D eigenvalue weighted by Gasteiger charge is 2.26. The third-order valence-electron chi connectivity index (χ3n) is 3.07. The van der Waals surface area contributed by atoms with E-state index in [-0.39, 0.29) is 41.4 Å². The minimum Gasteiger partial charge on any atom is -0.462 e. The molecule has 1 N–H and O–H groups in total. The summed E-state index contributed by atoms with van der Waals surface area (Å²) >= 11 is 0. The van der Waals surface area contributed by atoms with Crippen LogP contribution in [0.1, 0.15) is 34.7 Å². The number of ether oxygens (including phenoxy) is 2. The highest BCUT2D eigenvalue weighted by molar-refractivity contribution is 6.01. The number of hydrogen-bond donors (Lipinski definition) is 1. The first-order chi connectivity index (χ1) is 11.5. The van der Waals surface area contributed by atoms with E-state index in [2.05, 4.69) is 9.97 Å². The van der Waals surface area contributed by atoms with E-state index in [1.165, 1.54) is 24.5 Å². The first-order valence-electron chi connectivity index (χ1n) is 7.15. The Morgan fingerprint density at radius 1 is 1.25 bits per heavy atom. The lowest BCUT2D eigenvalue weighted by Gasteiger charge is -2.04. The van der Waals surface area contributed by atoms with Crippen molar-refractivity contribution in [3.8, 4) is 11.3 Å². The normalized spacial score (nSPS) is 10.2. The molecule has 0 fully saturated rings. The van der Waals surface area contributed by atoms with Gasteiger partial charge in [-0.25, -0.2) is 9.59 Å². The van der Waals surface area contributed by atoms with Crippen molar-refractivity contribution in [3.05, 3.63) is 45.9 Å². The number of aromatic amines is 1. The van der Waals surface area contributed by atoms with Crippen molar-refractivity contribution in [1.29, 1.82) is 0 Å². The molecule has 2 aromatic heterocycles. The number of H-pyrrole nitrogens is 1. The van der Waals surface area contributed by atoms with Crippen molar-refractivity contribution in [2.24, 2.45) is 0 Å². The van der Waals surface area contributed by atoms with Gasteiger partial charge >= 0.3 is 11.9 Å². The number of hydrogen-bond acceptors (Lipinski definition) is 7. The number of nitrogens with zero attached hydrogens (tertiary/aromatic N) is 2. The van der Waals surface area contributed by atoms with E-state index in [4.69, 9.17) is 9.47 Å². The summed E-state index contributed by atoms with van der Waals surface area (Å²) in [7, 11) is 0. The van der Waals surface area contributed by atoms with E-state index < -0.39 is 16.9 Å². The van der Waals surface area contributed by atoms with Crippen LogP contribution in [0, 0.1) is 10.1 Å². The Morgan fingerprint density at radius 3 is 2.54 bits per heavy atom. The average Bonchev–Trinajstić information content (AvgIpc) is 3.00. The minimum absolute atomic E-state index is 0.00370. The second kappa shape index (κ2) is 7.36. The number of esters is 2. The van der Waals surface area contributed by atoms with Crippen molar-refractivity contribution < 1.29 is 24.0 Å². The van der Waals surface area contributed by atoms with Crippen LogP contribution in [0.3, 0.4) is 0 Å². The van der Waals surface area contributed by atoms with Gasteiger partial charge in [0.05, 0.1) is 35.0 Å². The topological polar surface area (TPSA) is 124 Å². The zero-order chi connectivity index (χ0) is 17.7. The van der Waals surface area contributed by atoms with Gasteiger partial charge in [-0.1, -0.05) is 0 Å². The Bertz CT molecular complexity index is 783. The summed E-state index contributed by atoms with van der Waals surface area (Å²) in [6.45, 7) is 3.53. The molecule has 0 atom stereocenters. The Morgan fingerprint density at radius 2 is 1.92 bits per heavy atom. The fourth-order valence-electron chi connectivity index (χ4n) is 2.09. The number of nitrogens with one attached hydrogen (secondary N) is 1. The SMILES string of the molecule is CCOC(=O)c1cc(C(=O)OCC)c(-c2cnccc2[N+](=O)[O-])[nH]1. The van der Waals surface area contributed by atoms with Crippen LogP contribution in [0.15, 0.2) is 24.5 Å². The first kappa shape index (κ1) is 17.1. The summed E-state index contributed by atoms with van der Waals surface area (Å²) in [5.41, 5.74) is -0.116. The van der Waals surface area contributed by atoms with Crippen LogP contribution < -0.4 is 0 Å². The van der Waals surface area contributed by atoms with Crippen LogP contribution in [0.2, 0.25) is 0 Å². The lowest BCUT2D eigenvalue weighted by atomic mass is 10.1. The van der Waals surface area contributed by atoms with Crippen LogP contribution in [-0.2, 0) is 9.47 Å². The molecule has 126 valence electrons. The van der Waals surface area contributed by atoms with E-state index in [1.54, 1.807) is 13.8 Å². The molecule has 9 heteroatoms. The number of nitro groups is 1. The molecule has 0 spiro atoms. The molecule has 0 saturated carbocycles. The molecule has 0 aliphatic rings. The van der Waals surface area contributed by atoms with E-state index >= 15 is 0 Å². The molecule has 0 aromatic carbocycles. The second-order valence-corrected chi connectivity index (χ2v) is 4.56. The van der Waals surface area contributed by atoms with Crippen molar-refractivity contribution in [3.63, 3.8) is 0 Å². The standard InChI is InChI=1S/C15H15N3O6/c1-3-23-14(19)9-7-11(15(20)24-4-2)17-13(9)10-8-16-6-5-12(10)18(21)22/h5-8,17H,3-4H2,1-2H3. The molecular weight excluding hydrogens is 318 g/mol. The Kier molecular flexibility index (Phi) is 5.25. The molecule has 2 aromatic rings. The van der Waals surface area contributed by atoms with E-state index in [0.717, 1.165) is 0 Å². The quantitative estimate of drug-likeness (QED) is 0.488. The molecule has 0 unspecified atom stereocenters. The predicted molar refractivity (Wildman–Crippen MR) is 82.6 cm³/mol. The van der Waals surface area contributed by atoms with Gasteiger partial charge in [-0.05, 0) is 19.9 Å². The van der Waals surface area contributed by atoms with E-state index in [0.29, 0.717) is 0 Å². The van der Waals surface area contributed by atoms with Crippen LogP contribution in [0.25, 0.3) is 11.3 Å². The molecule has 2 rings (SSSR count). The number of carbonyl (C=O) groups excluding carboxylic acids is 2. The molecular formula is C15H15N3O6. The minimum atomic E-state index is -0.711. The molecule has 9 nitrogen and oxygen atoms in total. The number of rotatable bonds is 6. The largest absolute Gasteiger partial charge is 0.462 e.